The Morgan fingerprint density at radius 2 is 2.15 bits per heavy atom. The minimum atomic E-state index is -4.67. The third kappa shape index (κ3) is 3.06. The van der Waals surface area contributed by atoms with Crippen LogP contribution in [0.5, 0.6) is 0 Å². The second-order valence-electron chi connectivity index (χ2n) is 6.40. The number of nitrogens with two attached hydrogens (primary N) is 1. The van der Waals surface area contributed by atoms with Crippen LogP contribution in [0.25, 0.3) is 16.8 Å². The molecular formula is C17H14ClF3N4O2. The van der Waals surface area contributed by atoms with Crippen LogP contribution >= 0.6 is 11.6 Å². The van der Waals surface area contributed by atoms with Crippen molar-refractivity contribution in [3.05, 3.63) is 47.3 Å². The Bertz CT molecular complexity index is 1010. The van der Waals surface area contributed by atoms with Crippen molar-refractivity contribution < 1.29 is 22.4 Å². The lowest BCUT2D eigenvalue weighted by molar-refractivity contribution is -0.136. The van der Waals surface area contributed by atoms with Crippen molar-refractivity contribution in [2.24, 2.45) is 5.73 Å². The number of likely N-dealkylation sites (tertiary alicyclic amines) is 1. The summed E-state index contributed by atoms with van der Waals surface area (Å²) in [5, 5.41) is -0.175. The number of pyridine rings is 1. The second kappa shape index (κ2) is 6.28. The van der Waals surface area contributed by atoms with Crippen molar-refractivity contribution in [1.29, 1.82) is 0 Å². The quantitative estimate of drug-likeness (QED) is 0.717. The van der Waals surface area contributed by atoms with Crippen LogP contribution in [-0.2, 0) is 6.18 Å². The SMILES string of the molecule is N[C@@H]1CCN(C(=O)c2nc3c(C(F)(F)F)cc(-c4ccoc4)cn3c2Cl)C1. The van der Waals surface area contributed by atoms with E-state index >= 15 is 0 Å². The molecule has 1 saturated heterocycles. The Hall–Kier alpha value is -2.52. The molecule has 3 aromatic rings. The van der Waals surface area contributed by atoms with Gasteiger partial charge in [-0.2, -0.15) is 13.2 Å². The summed E-state index contributed by atoms with van der Waals surface area (Å²) in [6, 6.07) is 2.33. The fraction of sp³-hybridized carbons (Fsp3) is 0.294. The van der Waals surface area contributed by atoms with Crippen molar-refractivity contribution in [3.63, 3.8) is 0 Å². The van der Waals surface area contributed by atoms with E-state index in [1.807, 2.05) is 0 Å². The number of imidazole rings is 1. The summed E-state index contributed by atoms with van der Waals surface area (Å²) >= 11 is 6.25. The monoisotopic (exact) mass is 398 g/mol. The lowest BCUT2D eigenvalue weighted by atomic mass is 10.1. The van der Waals surface area contributed by atoms with Crippen molar-refractivity contribution in [1.82, 2.24) is 14.3 Å². The molecule has 0 radical (unpaired) electrons. The molecule has 6 nitrogen and oxygen atoms in total. The minimum Gasteiger partial charge on any atom is -0.472 e. The average molecular weight is 399 g/mol. The van der Waals surface area contributed by atoms with Gasteiger partial charge >= 0.3 is 6.18 Å². The maximum absolute atomic E-state index is 13.6. The summed E-state index contributed by atoms with van der Waals surface area (Å²) in [4.78, 5) is 18.0. The largest absolute Gasteiger partial charge is 0.472 e. The molecule has 1 amide bonds. The number of rotatable bonds is 2. The van der Waals surface area contributed by atoms with Crippen LogP contribution in [0.15, 0.2) is 35.3 Å². The maximum Gasteiger partial charge on any atom is 0.420 e. The molecule has 0 aliphatic carbocycles. The molecule has 1 atom stereocenters. The molecule has 27 heavy (non-hydrogen) atoms. The number of halogens is 4. The van der Waals surface area contributed by atoms with Gasteiger partial charge in [0.25, 0.3) is 5.91 Å². The predicted octanol–water partition coefficient (Wildman–Crippen LogP) is 3.44. The summed E-state index contributed by atoms with van der Waals surface area (Å²) in [5.74, 6) is -0.533. The molecule has 4 rings (SSSR count). The number of carbonyl (C=O) groups is 1. The molecule has 0 aromatic carbocycles. The lowest BCUT2D eigenvalue weighted by Crippen LogP contribution is -2.32. The van der Waals surface area contributed by atoms with Crippen LogP contribution in [0, 0.1) is 0 Å². The number of carbonyl (C=O) groups excluding carboxylic acids is 1. The van der Waals surface area contributed by atoms with Gasteiger partial charge in [0.1, 0.15) is 5.15 Å². The van der Waals surface area contributed by atoms with Gasteiger partial charge < -0.3 is 15.1 Å². The summed E-state index contributed by atoms with van der Waals surface area (Å²) in [5.41, 5.74) is 4.86. The van der Waals surface area contributed by atoms with Gasteiger partial charge in [0.15, 0.2) is 11.3 Å². The van der Waals surface area contributed by atoms with Gasteiger partial charge in [0.05, 0.1) is 18.1 Å². The van der Waals surface area contributed by atoms with Gasteiger partial charge in [-0.05, 0) is 18.6 Å². The number of alkyl halides is 3. The normalized spacial score (nSPS) is 17.8. The predicted molar refractivity (Wildman–Crippen MR) is 91.4 cm³/mol. The van der Waals surface area contributed by atoms with Crippen LogP contribution in [0.2, 0.25) is 5.15 Å². The molecule has 4 heterocycles. The molecular weight excluding hydrogens is 385 g/mol. The number of hydrogen-bond acceptors (Lipinski definition) is 4. The number of nitrogens with zero attached hydrogens (tertiary/aromatic N) is 3. The fourth-order valence-corrected chi connectivity index (χ4v) is 3.42. The van der Waals surface area contributed by atoms with E-state index in [0.29, 0.717) is 25.1 Å². The van der Waals surface area contributed by atoms with E-state index in [4.69, 9.17) is 21.8 Å². The summed E-state index contributed by atoms with van der Waals surface area (Å²) < 4.78 is 46.8. The Morgan fingerprint density at radius 3 is 2.74 bits per heavy atom. The zero-order valence-electron chi connectivity index (χ0n) is 13.8. The van der Waals surface area contributed by atoms with E-state index in [-0.39, 0.29) is 22.5 Å². The topological polar surface area (TPSA) is 76.8 Å². The first-order valence-corrected chi connectivity index (χ1v) is 8.49. The smallest absolute Gasteiger partial charge is 0.420 e. The number of furan rings is 1. The Labute approximate surface area is 156 Å². The molecule has 0 spiro atoms. The maximum atomic E-state index is 13.6. The molecule has 0 saturated carbocycles. The van der Waals surface area contributed by atoms with Gasteiger partial charge in [0.2, 0.25) is 0 Å². The first-order valence-electron chi connectivity index (χ1n) is 8.12. The fourth-order valence-electron chi connectivity index (χ4n) is 3.17. The van der Waals surface area contributed by atoms with Crippen molar-refractivity contribution in [3.8, 4) is 11.1 Å². The highest BCUT2D eigenvalue weighted by Crippen LogP contribution is 2.37. The molecule has 2 N–H and O–H groups in total. The number of fused-ring (bicyclic) bond motifs is 1. The van der Waals surface area contributed by atoms with Gasteiger partial charge in [-0.1, -0.05) is 11.6 Å². The summed E-state index contributed by atoms with van der Waals surface area (Å²) in [6.07, 6.45) is 0.0239. The van der Waals surface area contributed by atoms with Crippen LogP contribution in [0.3, 0.4) is 0 Å². The average Bonchev–Trinajstić information content (AvgIpc) is 3.33. The highest BCUT2D eigenvalue weighted by molar-refractivity contribution is 6.33. The van der Waals surface area contributed by atoms with E-state index < -0.39 is 23.3 Å². The Balaban J connectivity index is 1.89. The van der Waals surface area contributed by atoms with E-state index in [9.17, 15) is 18.0 Å². The molecule has 142 valence electrons. The Kier molecular flexibility index (Phi) is 4.15. The van der Waals surface area contributed by atoms with Crippen LogP contribution in [0.4, 0.5) is 13.2 Å². The molecule has 0 unspecified atom stereocenters. The van der Waals surface area contributed by atoms with Gasteiger partial charge in [0, 0.05) is 36.5 Å². The first kappa shape index (κ1) is 17.9. The number of aromatic nitrogens is 2. The van der Waals surface area contributed by atoms with Crippen molar-refractivity contribution in [2.45, 2.75) is 18.6 Å². The summed E-state index contributed by atoms with van der Waals surface area (Å²) in [6.45, 7) is 0.728. The zero-order valence-corrected chi connectivity index (χ0v) is 14.6. The molecule has 0 bridgehead atoms. The lowest BCUT2D eigenvalue weighted by Gasteiger charge is -2.14. The first-order chi connectivity index (χ1) is 12.8. The van der Waals surface area contributed by atoms with Gasteiger partial charge in [-0.3, -0.25) is 9.20 Å². The van der Waals surface area contributed by atoms with E-state index in [0.717, 1.165) is 10.5 Å². The molecule has 1 fully saturated rings. The third-order valence-electron chi connectivity index (χ3n) is 4.54. The highest BCUT2D eigenvalue weighted by Gasteiger charge is 2.37. The van der Waals surface area contributed by atoms with Crippen molar-refractivity contribution in [2.75, 3.05) is 13.1 Å². The van der Waals surface area contributed by atoms with Gasteiger partial charge in [-0.25, -0.2) is 4.98 Å². The number of hydrogen-bond donors (Lipinski definition) is 1. The standard InChI is InChI=1S/C17H14ClF3N4O2/c18-14-13(16(26)24-3-1-11(22)7-24)23-15-12(17(19,20)21)5-10(6-25(14)15)9-2-4-27-8-9/h2,4-6,8,11H,1,3,7,22H2/t11-/m1/s1. The molecule has 3 aromatic heterocycles. The van der Waals surface area contributed by atoms with Crippen molar-refractivity contribution >= 4 is 23.2 Å². The highest BCUT2D eigenvalue weighted by atomic mass is 35.5. The number of amides is 1. The van der Waals surface area contributed by atoms with Gasteiger partial charge in [-0.15, -0.1) is 0 Å². The molecule has 1 aliphatic heterocycles. The Morgan fingerprint density at radius 1 is 1.37 bits per heavy atom. The van der Waals surface area contributed by atoms with E-state index in [1.165, 1.54) is 29.7 Å². The zero-order chi connectivity index (χ0) is 19.3. The van der Waals surface area contributed by atoms with E-state index in [2.05, 4.69) is 4.98 Å². The molecule has 10 heteroatoms. The molecule has 1 aliphatic rings. The van der Waals surface area contributed by atoms with Crippen LogP contribution in [0.1, 0.15) is 22.5 Å². The van der Waals surface area contributed by atoms with Crippen LogP contribution < -0.4 is 5.73 Å². The minimum absolute atomic E-state index is 0.164. The van der Waals surface area contributed by atoms with E-state index in [1.54, 1.807) is 0 Å². The summed E-state index contributed by atoms with van der Waals surface area (Å²) in [7, 11) is 0. The van der Waals surface area contributed by atoms with Crippen LogP contribution in [-0.4, -0.2) is 39.3 Å². The second-order valence-corrected chi connectivity index (χ2v) is 6.76. The third-order valence-corrected chi connectivity index (χ3v) is 4.90.